The molecule has 0 saturated carbocycles. The van der Waals surface area contributed by atoms with Crippen molar-refractivity contribution in [3.05, 3.63) is 46.8 Å². The number of nitrogens with zero attached hydrogens (tertiary/aromatic N) is 2. The van der Waals surface area contributed by atoms with E-state index in [0.29, 0.717) is 25.2 Å². The van der Waals surface area contributed by atoms with Gasteiger partial charge in [0.1, 0.15) is 11.5 Å². The van der Waals surface area contributed by atoms with Crippen molar-refractivity contribution in [2.24, 2.45) is 4.99 Å². The number of rotatable bonds is 10. The van der Waals surface area contributed by atoms with E-state index in [9.17, 15) is 9.90 Å². The van der Waals surface area contributed by atoms with E-state index in [2.05, 4.69) is 33.0 Å². The molecule has 0 aliphatic rings. The molecule has 1 aromatic heterocycles. The first-order valence-electron chi connectivity index (χ1n) is 10.1. The predicted octanol–water partition coefficient (Wildman–Crippen LogP) is 2.38. The van der Waals surface area contributed by atoms with Gasteiger partial charge in [0.15, 0.2) is 5.96 Å². The van der Waals surface area contributed by atoms with Crippen LogP contribution in [0.25, 0.3) is 0 Å². The zero-order chi connectivity index (χ0) is 21.1. The van der Waals surface area contributed by atoms with Crippen LogP contribution in [0.1, 0.15) is 54.6 Å². The number of aliphatic imine (C=N–C) groups is 1. The second-order valence-corrected chi connectivity index (χ2v) is 6.52. The number of phenolic OH excluding ortho intramolecular Hbond substituents is 1. The average molecular weight is 402 g/mol. The van der Waals surface area contributed by atoms with E-state index < -0.39 is 0 Å². The molecule has 8 nitrogen and oxygen atoms in total. The third-order valence-corrected chi connectivity index (χ3v) is 4.39. The van der Waals surface area contributed by atoms with Gasteiger partial charge in [-0.15, -0.1) is 0 Å². The number of aryl methyl sites for hydroxylation is 2. The van der Waals surface area contributed by atoms with Crippen LogP contribution in [-0.4, -0.2) is 41.8 Å². The topological polar surface area (TPSA) is 112 Å². The number of hydrogen-bond acceptors (Lipinski definition) is 5. The van der Waals surface area contributed by atoms with Crippen molar-refractivity contribution in [1.29, 1.82) is 0 Å². The van der Waals surface area contributed by atoms with E-state index in [1.165, 1.54) is 12.1 Å². The van der Waals surface area contributed by atoms with Crippen LogP contribution in [0.3, 0.4) is 0 Å². The molecular weight excluding hydrogens is 370 g/mol. The Morgan fingerprint density at radius 3 is 2.62 bits per heavy atom. The largest absolute Gasteiger partial charge is 0.508 e. The first kappa shape index (κ1) is 22.3. The number of aromatic hydroxyl groups is 1. The number of amides is 1. The second kappa shape index (κ2) is 11.7. The maximum atomic E-state index is 12.1. The first-order valence-corrected chi connectivity index (χ1v) is 10.1. The zero-order valence-corrected chi connectivity index (χ0v) is 17.4. The smallest absolute Gasteiger partial charge is 0.251 e. The van der Waals surface area contributed by atoms with Crippen molar-refractivity contribution in [3.8, 4) is 5.75 Å². The number of hydrogen-bond donors (Lipinski definition) is 4. The summed E-state index contributed by atoms with van der Waals surface area (Å²) in [5, 5.41) is 22.9. The van der Waals surface area contributed by atoms with Gasteiger partial charge in [-0.2, -0.15) is 0 Å². The van der Waals surface area contributed by atoms with E-state index in [1.54, 1.807) is 12.1 Å². The van der Waals surface area contributed by atoms with E-state index >= 15 is 0 Å². The van der Waals surface area contributed by atoms with Crippen LogP contribution >= 0.6 is 0 Å². The maximum Gasteiger partial charge on any atom is 0.251 e. The molecule has 158 valence electrons. The van der Waals surface area contributed by atoms with Gasteiger partial charge < -0.3 is 25.6 Å². The lowest BCUT2D eigenvalue weighted by atomic mass is 10.1. The van der Waals surface area contributed by atoms with Crippen molar-refractivity contribution in [3.63, 3.8) is 0 Å². The fraction of sp³-hybridized carbons (Fsp3) is 0.476. The van der Waals surface area contributed by atoms with Gasteiger partial charge in [0.2, 0.25) is 0 Å². The normalized spacial score (nSPS) is 11.3. The number of phenols is 1. The highest BCUT2D eigenvalue weighted by Gasteiger charge is 2.13. The van der Waals surface area contributed by atoms with E-state index in [-0.39, 0.29) is 11.7 Å². The fourth-order valence-corrected chi connectivity index (χ4v) is 2.86. The Bertz CT molecular complexity index is 795. The Balaban J connectivity index is 1.81. The quantitative estimate of drug-likeness (QED) is 0.276. The number of nitrogens with one attached hydrogen (secondary N) is 3. The molecule has 0 bridgehead atoms. The Morgan fingerprint density at radius 2 is 1.93 bits per heavy atom. The summed E-state index contributed by atoms with van der Waals surface area (Å²) >= 11 is 0. The van der Waals surface area contributed by atoms with Crippen molar-refractivity contribution >= 4 is 11.9 Å². The highest BCUT2D eigenvalue weighted by Crippen LogP contribution is 2.16. The van der Waals surface area contributed by atoms with E-state index in [1.807, 2.05) is 13.8 Å². The summed E-state index contributed by atoms with van der Waals surface area (Å²) in [6.45, 7) is 8.57. The SMILES string of the molecule is CCNC(=NCc1c(CC)noc1CC)NCCCNC(=O)c1cccc(O)c1. The Hall–Kier alpha value is -3.03. The molecule has 0 unspecified atom stereocenters. The van der Waals surface area contributed by atoms with Crippen LogP contribution in [0.2, 0.25) is 0 Å². The number of benzene rings is 1. The summed E-state index contributed by atoms with van der Waals surface area (Å²) in [5.74, 6) is 1.48. The van der Waals surface area contributed by atoms with Crippen LogP contribution in [0.15, 0.2) is 33.8 Å². The van der Waals surface area contributed by atoms with Crippen molar-refractivity contribution in [2.75, 3.05) is 19.6 Å². The predicted molar refractivity (Wildman–Crippen MR) is 113 cm³/mol. The van der Waals surface area contributed by atoms with Gasteiger partial charge in [0.25, 0.3) is 5.91 Å². The number of carbonyl (C=O) groups excluding carboxylic acids is 1. The first-order chi connectivity index (χ1) is 14.1. The summed E-state index contributed by atoms with van der Waals surface area (Å²) in [7, 11) is 0. The van der Waals surface area contributed by atoms with Gasteiger partial charge in [-0.05, 0) is 38.0 Å². The Labute approximate surface area is 171 Å². The van der Waals surface area contributed by atoms with Gasteiger partial charge in [-0.25, -0.2) is 4.99 Å². The fourth-order valence-electron chi connectivity index (χ4n) is 2.86. The molecule has 0 spiro atoms. The van der Waals surface area contributed by atoms with Crippen molar-refractivity contribution < 1.29 is 14.4 Å². The molecule has 0 aliphatic heterocycles. The lowest BCUT2D eigenvalue weighted by Crippen LogP contribution is -2.38. The molecule has 0 radical (unpaired) electrons. The molecule has 0 aliphatic carbocycles. The molecule has 0 fully saturated rings. The van der Waals surface area contributed by atoms with Crippen LogP contribution in [0, 0.1) is 0 Å². The van der Waals surface area contributed by atoms with Gasteiger partial charge in [-0.1, -0.05) is 25.1 Å². The molecule has 4 N–H and O–H groups in total. The molecule has 0 saturated heterocycles. The van der Waals surface area contributed by atoms with Crippen LogP contribution in [0.4, 0.5) is 0 Å². The van der Waals surface area contributed by atoms with E-state index in [4.69, 9.17) is 4.52 Å². The Kier molecular flexibility index (Phi) is 9.01. The third-order valence-electron chi connectivity index (χ3n) is 4.39. The van der Waals surface area contributed by atoms with Gasteiger partial charge in [-0.3, -0.25) is 4.79 Å². The second-order valence-electron chi connectivity index (χ2n) is 6.52. The minimum Gasteiger partial charge on any atom is -0.508 e. The lowest BCUT2D eigenvalue weighted by Gasteiger charge is -2.12. The number of guanidine groups is 1. The molecule has 1 aromatic carbocycles. The maximum absolute atomic E-state index is 12.1. The third kappa shape index (κ3) is 6.81. The summed E-state index contributed by atoms with van der Waals surface area (Å²) < 4.78 is 5.39. The Morgan fingerprint density at radius 1 is 1.14 bits per heavy atom. The highest BCUT2D eigenvalue weighted by atomic mass is 16.5. The minimum atomic E-state index is -0.201. The molecule has 1 heterocycles. The van der Waals surface area contributed by atoms with E-state index in [0.717, 1.165) is 48.8 Å². The minimum absolute atomic E-state index is 0.0797. The summed E-state index contributed by atoms with van der Waals surface area (Å²) in [5.41, 5.74) is 2.46. The number of carbonyl (C=O) groups is 1. The van der Waals surface area contributed by atoms with Crippen LogP contribution in [-0.2, 0) is 19.4 Å². The summed E-state index contributed by atoms with van der Waals surface area (Å²) in [4.78, 5) is 16.7. The highest BCUT2D eigenvalue weighted by molar-refractivity contribution is 5.94. The molecule has 1 amide bonds. The van der Waals surface area contributed by atoms with Crippen molar-refractivity contribution in [2.45, 2.75) is 46.6 Å². The molecule has 29 heavy (non-hydrogen) atoms. The standard InChI is InChI=1S/C21H31N5O3/c1-4-18-17(19(5-2)29-26-18)14-25-21(22-6-3)24-12-8-11-23-20(28)15-9-7-10-16(27)13-15/h7,9-10,13,27H,4-6,8,11-12,14H2,1-3H3,(H,23,28)(H2,22,24,25). The van der Waals surface area contributed by atoms with Gasteiger partial charge >= 0.3 is 0 Å². The molecule has 0 atom stereocenters. The summed E-state index contributed by atoms with van der Waals surface area (Å²) in [6, 6.07) is 6.30. The molecule has 2 aromatic rings. The van der Waals surface area contributed by atoms with Crippen LogP contribution in [0.5, 0.6) is 5.75 Å². The van der Waals surface area contributed by atoms with Crippen molar-refractivity contribution in [1.82, 2.24) is 21.1 Å². The molecular formula is C21H31N5O3. The zero-order valence-electron chi connectivity index (χ0n) is 17.4. The monoisotopic (exact) mass is 401 g/mol. The van der Waals surface area contributed by atoms with Gasteiger partial charge in [0.05, 0.1) is 12.2 Å². The van der Waals surface area contributed by atoms with Gasteiger partial charge in [0, 0.05) is 37.2 Å². The van der Waals surface area contributed by atoms with Crippen LogP contribution < -0.4 is 16.0 Å². The average Bonchev–Trinajstić information content (AvgIpc) is 3.13. The number of aromatic nitrogens is 1. The molecule has 2 rings (SSSR count). The molecule has 8 heteroatoms. The lowest BCUT2D eigenvalue weighted by molar-refractivity contribution is 0.0953. The summed E-state index contributed by atoms with van der Waals surface area (Å²) in [6.07, 6.45) is 2.35.